The van der Waals surface area contributed by atoms with Crippen molar-refractivity contribution in [3.05, 3.63) is 51.5 Å². The van der Waals surface area contributed by atoms with Crippen LogP contribution in [0.2, 0.25) is 0 Å². The molecule has 3 rings (SSSR count). The number of aromatic nitrogens is 2. The van der Waals surface area contributed by atoms with Crippen molar-refractivity contribution < 1.29 is 9.59 Å². The van der Waals surface area contributed by atoms with Gasteiger partial charge in [-0.3, -0.25) is 9.59 Å². The summed E-state index contributed by atoms with van der Waals surface area (Å²) in [6.07, 6.45) is 0.413. The first-order valence-electron chi connectivity index (χ1n) is 7.83. The number of carbonyl (C=O) groups is 2. The molecule has 0 bridgehead atoms. The van der Waals surface area contributed by atoms with E-state index < -0.39 is 0 Å². The Hall–Kier alpha value is -2.47. The lowest BCUT2D eigenvalue weighted by Crippen LogP contribution is -2.23. The van der Waals surface area contributed by atoms with Crippen LogP contribution in [0.3, 0.4) is 0 Å². The fourth-order valence-electron chi connectivity index (χ4n) is 2.63. The van der Waals surface area contributed by atoms with Gasteiger partial charge in [-0.2, -0.15) is 0 Å². The molecule has 0 saturated carbocycles. The summed E-state index contributed by atoms with van der Waals surface area (Å²) in [6, 6.07) is 9.61. The van der Waals surface area contributed by atoms with Crippen molar-refractivity contribution in [2.24, 2.45) is 0 Å². The predicted molar refractivity (Wildman–Crippen MR) is 95.3 cm³/mol. The van der Waals surface area contributed by atoms with Gasteiger partial charge >= 0.3 is 0 Å². The molecule has 0 aliphatic heterocycles. The average Bonchev–Trinajstić information content (AvgIpc) is 3.12. The summed E-state index contributed by atoms with van der Waals surface area (Å²) < 4.78 is 0. The standard InChI is InChI=1S/C18H19N3O2S/c1-11-9-13(12(2)24-11)16(22)7-8-18(23)19-10-17-20-14-5-3-4-6-15(14)21-17/h3-6,9H,7-8,10H2,1-2H3,(H,19,23)(H,20,21). The summed E-state index contributed by atoms with van der Waals surface area (Å²) in [7, 11) is 0. The number of thiophene rings is 1. The van der Waals surface area contributed by atoms with Crippen molar-refractivity contribution in [2.75, 3.05) is 0 Å². The van der Waals surface area contributed by atoms with Crippen molar-refractivity contribution in [3.63, 3.8) is 0 Å². The van der Waals surface area contributed by atoms with Crippen LogP contribution in [0.5, 0.6) is 0 Å². The molecule has 124 valence electrons. The molecule has 0 aliphatic rings. The minimum absolute atomic E-state index is 0.0238. The molecule has 1 amide bonds. The van der Waals surface area contributed by atoms with E-state index in [1.54, 1.807) is 11.3 Å². The van der Waals surface area contributed by atoms with E-state index in [4.69, 9.17) is 0 Å². The third-order valence-electron chi connectivity index (χ3n) is 3.81. The Morgan fingerprint density at radius 1 is 1.21 bits per heavy atom. The van der Waals surface area contributed by atoms with Crippen LogP contribution in [-0.4, -0.2) is 21.7 Å². The number of hydrogen-bond donors (Lipinski definition) is 2. The number of nitrogens with one attached hydrogen (secondary N) is 2. The number of carbonyl (C=O) groups excluding carboxylic acids is 2. The third-order valence-corrected chi connectivity index (χ3v) is 4.78. The minimum Gasteiger partial charge on any atom is -0.349 e. The molecular weight excluding hydrogens is 322 g/mol. The van der Waals surface area contributed by atoms with Gasteiger partial charge in [0.2, 0.25) is 5.91 Å². The zero-order valence-corrected chi connectivity index (χ0v) is 14.5. The molecule has 3 aromatic rings. The number of rotatable bonds is 6. The monoisotopic (exact) mass is 341 g/mol. The fourth-order valence-corrected chi connectivity index (χ4v) is 3.57. The van der Waals surface area contributed by atoms with Gasteiger partial charge in [0.05, 0.1) is 17.6 Å². The molecule has 0 spiro atoms. The Labute approximate surface area is 144 Å². The molecule has 2 heterocycles. The summed E-state index contributed by atoms with van der Waals surface area (Å²) in [4.78, 5) is 33.8. The molecule has 2 aromatic heterocycles. The molecule has 2 N–H and O–H groups in total. The van der Waals surface area contributed by atoms with Gasteiger partial charge in [0.15, 0.2) is 5.78 Å². The molecule has 0 radical (unpaired) electrons. The molecule has 5 nitrogen and oxygen atoms in total. The minimum atomic E-state index is -0.145. The highest BCUT2D eigenvalue weighted by Crippen LogP contribution is 2.22. The highest BCUT2D eigenvalue weighted by atomic mass is 32.1. The molecule has 24 heavy (non-hydrogen) atoms. The second kappa shape index (κ2) is 6.97. The summed E-state index contributed by atoms with van der Waals surface area (Å²) in [6.45, 7) is 4.25. The highest BCUT2D eigenvalue weighted by molar-refractivity contribution is 7.12. The van der Waals surface area contributed by atoms with Crippen LogP contribution in [0.1, 0.15) is 38.8 Å². The molecule has 0 fully saturated rings. The highest BCUT2D eigenvalue weighted by Gasteiger charge is 2.14. The molecule has 0 aliphatic carbocycles. The van der Waals surface area contributed by atoms with E-state index in [-0.39, 0.29) is 24.5 Å². The lowest BCUT2D eigenvalue weighted by Gasteiger charge is -2.03. The van der Waals surface area contributed by atoms with Crippen molar-refractivity contribution in [3.8, 4) is 0 Å². The zero-order chi connectivity index (χ0) is 17.1. The lowest BCUT2D eigenvalue weighted by molar-refractivity contribution is -0.121. The first-order chi connectivity index (χ1) is 11.5. The number of aryl methyl sites for hydroxylation is 2. The second-order valence-corrected chi connectivity index (χ2v) is 7.19. The van der Waals surface area contributed by atoms with Gasteiger partial charge in [0, 0.05) is 28.2 Å². The Morgan fingerprint density at radius 2 is 2.00 bits per heavy atom. The number of para-hydroxylation sites is 2. The van der Waals surface area contributed by atoms with E-state index >= 15 is 0 Å². The van der Waals surface area contributed by atoms with Crippen LogP contribution in [0.25, 0.3) is 11.0 Å². The number of nitrogens with zero attached hydrogens (tertiary/aromatic N) is 1. The number of Topliss-reactive ketones (excluding diaryl/α,β-unsaturated/α-hetero) is 1. The summed E-state index contributed by atoms with van der Waals surface area (Å²) in [5.41, 5.74) is 2.56. The third kappa shape index (κ3) is 3.71. The molecule has 0 saturated heterocycles. The van der Waals surface area contributed by atoms with Crippen LogP contribution >= 0.6 is 11.3 Å². The average molecular weight is 341 g/mol. The number of ketones is 1. The van der Waals surface area contributed by atoms with E-state index in [1.807, 2.05) is 44.2 Å². The number of hydrogen-bond acceptors (Lipinski definition) is 4. The first-order valence-corrected chi connectivity index (χ1v) is 8.65. The van der Waals surface area contributed by atoms with Crippen LogP contribution in [0, 0.1) is 13.8 Å². The summed E-state index contributed by atoms with van der Waals surface area (Å²) in [5.74, 6) is 0.587. The van der Waals surface area contributed by atoms with Crippen molar-refractivity contribution in [2.45, 2.75) is 33.2 Å². The van der Waals surface area contributed by atoms with E-state index in [1.165, 1.54) is 0 Å². The number of aromatic amines is 1. The molecule has 0 unspecified atom stereocenters. The van der Waals surface area contributed by atoms with Crippen LogP contribution in [0.4, 0.5) is 0 Å². The second-order valence-electron chi connectivity index (χ2n) is 5.73. The van der Waals surface area contributed by atoms with Gasteiger partial charge in [0.1, 0.15) is 5.82 Å². The Morgan fingerprint density at radius 3 is 2.71 bits per heavy atom. The summed E-state index contributed by atoms with van der Waals surface area (Å²) >= 11 is 1.61. The lowest BCUT2D eigenvalue weighted by atomic mass is 10.1. The normalized spacial score (nSPS) is 10.9. The van der Waals surface area contributed by atoms with E-state index in [0.717, 1.165) is 26.4 Å². The van der Waals surface area contributed by atoms with Gasteiger partial charge in [0.25, 0.3) is 0 Å². The van der Waals surface area contributed by atoms with Gasteiger partial charge in [-0.15, -0.1) is 11.3 Å². The molecular formula is C18H19N3O2S. The summed E-state index contributed by atoms with van der Waals surface area (Å²) in [5, 5.41) is 2.80. The van der Waals surface area contributed by atoms with Crippen LogP contribution in [0.15, 0.2) is 30.3 Å². The molecule has 0 atom stereocenters. The Bertz CT molecular complexity index is 862. The number of benzene rings is 1. The number of H-pyrrole nitrogens is 1. The maximum absolute atomic E-state index is 12.2. The number of imidazole rings is 1. The molecule has 1 aromatic carbocycles. The molecule has 6 heteroatoms. The maximum Gasteiger partial charge on any atom is 0.220 e. The smallest absolute Gasteiger partial charge is 0.220 e. The van der Waals surface area contributed by atoms with Gasteiger partial charge < -0.3 is 10.3 Å². The van der Waals surface area contributed by atoms with E-state index in [0.29, 0.717) is 12.4 Å². The van der Waals surface area contributed by atoms with Gasteiger partial charge in [-0.05, 0) is 32.0 Å². The Balaban J connectivity index is 1.50. The predicted octanol–water partition coefficient (Wildman–Crippen LogP) is 3.52. The van der Waals surface area contributed by atoms with E-state index in [2.05, 4.69) is 15.3 Å². The fraction of sp³-hybridized carbons (Fsp3) is 0.278. The van der Waals surface area contributed by atoms with Crippen LogP contribution in [-0.2, 0) is 11.3 Å². The SMILES string of the molecule is Cc1cc(C(=O)CCC(=O)NCc2nc3ccccc3[nH]2)c(C)s1. The van der Waals surface area contributed by atoms with Crippen molar-refractivity contribution in [1.29, 1.82) is 0 Å². The quantitative estimate of drug-likeness (QED) is 0.674. The first kappa shape index (κ1) is 16.4. The van der Waals surface area contributed by atoms with Gasteiger partial charge in [-0.25, -0.2) is 4.98 Å². The van der Waals surface area contributed by atoms with Crippen molar-refractivity contribution >= 4 is 34.1 Å². The van der Waals surface area contributed by atoms with Gasteiger partial charge in [-0.1, -0.05) is 12.1 Å². The van der Waals surface area contributed by atoms with E-state index in [9.17, 15) is 9.59 Å². The zero-order valence-electron chi connectivity index (χ0n) is 13.7. The van der Waals surface area contributed by atoms with Crippen LogP contribution < -0.4 is 5.32 Å². The number of amides is 1. The largest absolute Gasteiger partial charge is 0.349 e. The maximum atomic E-state index is 12.2. The topological polar surface area (TPSA) is 74.8 Å². The van der Waals surface area contributed by atoms with Crippen molar-refractivity contribution in [1.82, 2.24) is 15.3 Å². The Kier molecular flexibility index (Phi) is 4.76. The number of fused-ring (bicyclic) bond motifs is 1.